The van der Waals surface area contributed by atoms with Gasteiger partial charge in [-0.25, -0.2) is 4.79 Å². The van der Waals surface area contributed by atoms with Crippen LogP contribution in [0, 0.1) is 11.8 Å². The highest BCUT2D eigenvalue weighted by Gasteiger charge is 2.41. The number of thioether (sulfide) groups is 1. The van der Waals surface area contributed by atoms with Gasteiger partial charge in [0.05, 0.1) is 32.3 Å². The van der Waals surface area contributed by atoms with Crippen molar-refractivity contribution >= 4 is 88.7 Å². The minimum absolute atomic E-state index is 0.00882. The average molecular weight is 1290 g/mol. The molecule has 0 spiro atoms. The number of hydrogen-bond donors (Lipinski definition) is 17. The second-order valence-corrected chi connectivity index (χ2v) is 23.4. The Hall–Kier alpha value is -8.46. The number of carboxylic acid groups (broad SMARTS) is 2. The molecule has 11 atom stereocenters. The largest absolute Gasteiger partial charge is 0.508 e. The molecule has 90 heavy (non-hydrogen) atoms. The molecule has 1 aliphatic rings. The van der Waals surface area contributed by atoms with E-state index < -0.39 is 182 Å². The number of aliphatic carboxylic acids is 2. The van der Waals surface area contributed by atoms with Gasteiger partial charge in [-0.3, -0.25) is 57.5 Å². The smallest absolute Gasteiger partial charge is 0.326 e. The highest BCUT2D eigenvalue weighted by atomic mass is 32.2. The highest BCUT2D eigenvalue weighted by molar-refractivity contribution is 7.98. The van der Waals surface area contributed by atoms with E-state index in [2.05, 4.69) is 47.9 Å². The van der Waals surface area contributed by atoms with Crippen molar-refractivity contribution in [2.45, 2.75) is 158 Å². The minimum atomic E-state index is -1.79. The van der Waals surface area contributed by atoms with E-state index >= 15 is 0 Å². The van der Waals surface area contributed by atoms with E-state index in [1.54, 1.807) is 50.4 Å². The van der Waals surface area contributed by atoms with E-state index in [1.807, 2.05) is 13.8 Å². The van der Waals surface area contributed by atoms with Gasteiger partial charge < -0.3 is 94.9 Å². The summed E-state index contributed by atoms with van der Waals surface area (Å²) in [6, 6.07) is -3.29. The Labute approximate surface area is 524 Å². The van der Waals surface area contributed by atoms with Crippen molar-refractivity contribution in [2.75, 3.05) is 38.4 Å². The van der Waals surface area contributed by atoms with Crippen LogP contribution >= 0.6 is 11.8 Å². The zero-order valence-electron chi connectivity index (χ0n) is 50.8. The Morgan fingerprint density at radius 1 is 0.544 bits per heavy atom. The molecule has 0 unspecified atom stereocenters. The van der Waals surface area contributed by atoms with Crippen LogP contribution in [-0.2, 0) is 75.2 Å². The third-order valence-electron chi connectivity index (χ3n) is 14.1. The summed E-state index contributed by atoms with van der Waals surface area (Å²) < 4.78 is 0. The summed E-state index contributed by atoms with van der Waals surface area (Å²) in [6.45, 7) is 3.84. The number of nitrogens with zero attached hydrogens (tertiary/aromatic N) is 1. The van der Waals surface area contributed by atoms with Gasteiger partial charge in [0.25, 0.3) is 0 Å². The van der Waals surface area contributed by atoms with E-state index in [9.17, 15) is 93.0 Å². The summed E-state index contributed by atoms with van der Waals surface area (Å²) in [4.78, 5) is 175. The number of phenols is 1. The number of carbonyl (C=O) groups excluding carboxylic acids is 11. The van der Waals surface area contributed by atoms with E-state index in [0.717, 1.165) is 4.90 Å². The van der Waals surface area contributed by atoms with Gasteiger partial charge >= 0.3 is 11.9 Å². The van der Waals surface area contributed by atoms with Gasteiger partial charge in [-0.05, 0) is 85.6 Å². The molecule has 1 aliphatic heterocycles. The first-order valence-corrected chi connectivity index (χ1v) is 30.6. The van der Waals surface area contributed by atoms with Crippen molar-refractivity contribution in [3.8, 4) is 5.75 Å². The summed E-state index contributed by atoms with van der Waals surface area (Å²) in [6.07, 6.45) is -0.565. The van der Waals surface area contributed by atoms with Crippen LogP contribution in [-0.4, -0.2) is 217 Å². The molecule has 0 aliphatic carbocycles. The van der Waals surface area contributed by atoms with Crippen molar-refractivity contribution in [2.24, 2.45) is 23.3 Å². The molecule has 0 aromatic heterocycles. The number of carboxylic acids is 2. The number of phenolic OH excluding ortho intramolecular Hbond substituents is 1. The van der Waals surface area contributed by atoms with E-state index in [-0.39, 0.29) is 74.8 Å². The molecule has 11 amide bonds. The fourth-order valence-corrected chi connectivity index (χ4v) is 9.90. The van der Waals surface area contributed by atoms with Gasteiger partial charge in [0.2, 0.25) is 65.0 Å². The number of nitrogens with one attached hydrogen (secondary N) is 9. The van der Waals surface area contributed by atoms with Gasteiger partial charge in [0, 0.05) is 25.8 Å². The number of benzene rings is 2. The standard InChI is InChI=1S/C58H86N12O19S/c1-30(2)22-35(59)48(78)63-38(25-33-13-15-34(74)16-14-33)52(82)67-42(27-71)55(85)69-44(29-73)57(87)70-20-9-12-45(70)56(86)68-43(28-72)54(84)62-37(19-21-90-5)50(80)64-39(24-32-10-7-6-8-11-32)51(81)61-36(17-18-47(76)77)49(79)65-40(26-46(60)75)53(83)66-41(58(88)89)23-31(3)4/h6-8,10-11,13-16,30-31,35-45,71-74H,9,12,17-29,59H2,1-5H3,(H2,60,75)(H,61,81)(H,62,84)(H,63,78)(H,64,80)(H,65,79)(H,66,83)(H,67,82)(H,68,86)(H,69,85)(H,76,77)(H,88,89)/t35-,36-,37-,38-,39-,40-,41-,42-,43-,44-,45-/m0/s1. The lowest BCUT2D eigenvalue weighted by Gasteiger charge is -2.30. The molecule has 0 bridgehead atoms. The molecule has 19 N–H and O–H groups in total. The molecule has 2 aromatic rings. The number of rotatable bonds is 39. The predicted octanol–water partition coefficient (Wildman–Crippen LogP) is -4.49. The zero-order chi connectivity index (χ0) is 67.4. The fraction of sp³-hybridized carbons (Fsp3) is 0.569. The Balaban J connectivity index is 1.81. The number of aliphatic hydroxyl groups excluding tert-OH is 3. The van der Waals surface area contributed by atoms with Gasteiger partial charge in [-0.15, -0.1) is 0 Å². The normalized spacial score (nSPS) is 16.2. The molecular formula is C58H86N12O19S. The molecule has 2 aromatic carbocycles. The Morgan fingerprint density at radius 2 is 0.978 bits per heavy atom. The van der Waals surface area contributed by atoms with E-state index in [4.69, 9.17) is 11.5 Å². The van der Waals surface area contributed by atoms with E-state index in [1.165, 1.54) is 36.0 Å². The van der Waals surface area contributed by atoms with Crippen molar-refractivity contribution in [3.63, 3.8) is 0 Å². The minimum Gasteiger partial charge on any atom is -0.508 e. The lowest BCUT2D eigenvalue weighted by Crippen LogP contribution is -2.61. The molecule has 498 valence electrons. The first-order chi connectivity index (χ1) is 42.5. The Morgan fingerprint density at radius 3 is 1.48 bits per heavy atom. The van der Waals surface area contributed by atoms with Crippen LogP contribution in [0.15, 0.2) is 54.6 Å². The third-order valence-corrected chi connectivity index (χ3v) is 14.8. The first-order valence-electron chi connectivity index (χ1n) is 29.2. The van der Waals surface area contributed by atoms with Crippen LogP contribution in [0.5, 0.6) is 5.75 Å². The molecule has 3 rings (SSSR count). The van der Waals surface area contributed by atoms with Crippen molar-refractivity contribution in [1.82, 2.24) is 52.8 Å². The molecule has 32 heteroatoms. The Bertz CT molecular complexity index is 2800. The molecule has 1 fully saturated rings. The number of carbonyl (C=O) groups is 13. The molecule has 1 heterocycles. The summed E-state index contributed by atoms with van der Waals surface area (Å²) in [5.74, 6) is -14.2. The van der Waals surface area contributed by atoms with E-state index in [0.29, 0.717) is 11.1 Å². The maximum absolute atomic E-state index is 14.3. The van der Waals surface area contributed by atoms with Crippen LogP contribution < -0.4 is 59.3 Å². The van der Waals surface area contributed by atoms with Gasteiger partial charge in [0.15, 0.2) is 0 Å². The maximum atomic E-state index is 14.3. The first kappa shape index (κ1) is 75.8. The third kappa shape index (κ3) is 25.6. The monoisotopic (exact) mass is 1290 g/mol. The van der Waals surface area contributed by atoms with Crippen LogP contribution in [0.1, 0.15) is 90.2 Å². The number of likely N-dealkylation sites (tertiary alicyclic amines) is 1. The highest BCUT2D eigenvalue weighted by Crippen LogP contribution is 2.20. The number of primary amides is 1. The zero-order valence-corrected chi connectivity index (χ0v) is 51.6. The van der Waals surface area contributed by atoms with Crippen LogP contribution in [0.4, 0.5) is 0 Å². The summed E-state index contributed by atoms with van der Waals surface area (Å²) in [5, 5.41) is 81.6. The second-order valence-electron chi connectivity index (χ2n) is 22.4. The molecule has 31 nitrogen and oxygen atoms in total. The second kappa shape index (κ2) is 38.2. The summed E-state index contributed by atoms with van der Waals surface area (Å²) in [5.41, 5.74) is 12.4. The lowest BCUT2D eigenvalue weighted by molar-refractivity contribution is -0.143. The number of amides is 11. The predicted molar refractivity (Wildman–Crippen MR) is 324 cm³/mol. The number of aliphatic hydroxyl groups is 3. The van der Waals surface area contributed by atoms with Gasteiger partial charge in [0.1, 0.15) is 66.2 Å². The molecule has 0 radical (unpaired) electrons. The summed E-state index contributed by atoms with van der Waals surface area (Å²) >= 11 is 1.26. The SMILES string of the molecule is CSCC[C@H](NC(=O)[C@H](CO)NC(=O)[C@@H]1CCCN1C(=O)[C@H](CO)NC(=O)[C@H](CO)NC(=O)[C@H](Cc1ccc(O)cc1)NC(=O)[C@@H](N)CC(C)C)C(=O)N[C@@H](Cc1ccccc1)C(=O)N[C@@H](CCC(=O)O)C(=O)N[C@@H](CC(N)=O)C(=O)N[C@@H](CC(C)C)C(=O)O. The maximum Gasteiger partial charge on any atom is 0.326 e. The fourth-order valence-electron chi connectivity index (χ4n) is 9.43. The quantitative estimate of drug-likeness (QED) is 0.0300. The topological polar surface area (TPSA) is 507 Å². The van der Waals surface area contributed by atoms with Crippen LogP contribution in [0.3, 0.4) is 0 Å². The van der Waals surface area contributed by atoms with Crippen molar-refractivity contribution < 1.29 is 93.0 Å². The van der Waals surface area contributed by atoms with Crippen LogP contribution in [0.2, 0.25) is 0 Å². The number of aromatic hydroxyl groups is 1. The van der Waals surface area contributed by atoms with Gasteiger partial charge in [-0.2, -0.15) is 11.8 Å². The number of nitrogens with two attached hydrogens (primary N) is 2. The van der Waals surface area contributed by atoms with Crippen molar-refractivity contribution in [3.05, 3.63) is 65.7 Å². The van der Waals surface area contributed by atoms with Crippen molar-refractivity contribution in [1.29, 1.82) is 0 Å². The van der Waals surface area contributed by atoms with Crippen LogP contribution in [0.25, 0.3) is 0 Å². The molecule has 1 saturated heterocycles. The van der Waals surface area contributed by atoms with Gasteiger partial charge in [-0.1, -0.05) is 70.2 Å². The number of hydrogen-bond acceptors (Lipinski definition) is 19. The molecule has 0 saturated carbocycles. The Kier molecular flexibility index (Phi) is 32.1. The molecular weight excluding hydrogens is 1200 g/mol. The lowest BCUT2D eigenvalue weighted by atomic mass is 10.0. The average Bonchev–Trinajstić information content (AvgIpc) is 2.00. The summed E-state index contributed by atoms with van der Waals surface area (Å²) in [7, 11) is 0.